The fourth-order valence-corrected chi connectivity index (χ4v) is 16.2. The van der Waals surface area contributed by atoms with Crippen LogP contribution < -0.4 is 0 Å². The molecule has 450 valence electrons. The minimum atomic E-state index is -2.18. The number of allylic oxidation sites excluding steroid dienone is 3. The van der Waals surface area contributed by atoms with E-state index in [1.54, 1.807) is 19.9 Å². The SMILES string of the molecule is CC=C(C)C(=O)OC1[C@H](OC(C)=O)C2(CO)C(CC1(C)C)C1=CCC3[C@@]4(C)CCC(OC5OC(C(=O)O)C(OC6OC(CO)C(O)C(O)C6O)C(O)C5OC5OC(CO)C(O)C(O)C5O)[C@](C)(CO)C4CC[C@@]3(C)[C@]1(C)C[C@H]2O. The van der Waals surface area contributed by atoms with Gasteiger partial charge in [0.05, 0.1) is 44.1 Å². The minimum Gasteiger partial charge on any atom is -0.479 e. The van der Waals surface area contributed by atoms with Crippen molar-refractivity contribution in [3.8, 4) is 0 Å². The van der Waals surface area contributed by atoms with Gasteiger partial charge in [0, 0.05) is 23.3 Å². The zero-order valence-corrected chi connectivity index (χ0v) is 46.4. The van der Waals surface area contributed by atoms with Gasteiger partial charge < -0.3 is 104 Å². The van der Waals surface area contributed by atoms with Crippen LogP contribution in [0.1, 0.15) is 107 Å². The minimum absolute atomic E-state index is 0.0849. The Bertz CT molecular complexity index is 2290. The predicted molar refractivity (Wildman–Crippen MR) is 269 cm³/mol. The summed E-state index contributed by atoms with van der Waals surface area (Å²) in [7, 11) is 0. The average Bonchev–Trinajstić information content (AvgIpc) is 3.25. The van der Waals surface area contributed by atoms with Gasteiger partial charge in [0.1, 0.15) is 79.4 Å². The van der Waals surface area contributed by atoms with Gasteiger partial charge in [0.15, 0.2) is 25.0 Å². The number of hydrogen-bond acceptors (Lipinski definition) is 23. The Hall–Kier alpha value is -2.83. The third-order valence-corrected chi connectivity index (χ3v) is 21.1. The van der Waals surface area contributed by atoms with E-state index in [4.69, 9.17) is 37.9 Å². The zero-order valence-electron chi connectivity index (χ0n) is 46.4. The van der Waals surface area contributed by atoms with Crippen molar-refractivity contribution in [1.29, 1.82) is 0 Å². The highest BCUT2D eigenvalue weighted by Crippen LogP contribution is 2.76. The molecule has 3 saturated heterocycles. The lowest BCUT2D eigenvalue weighted by Crippen LogP contribution is -2.72. The number of aliphatic carboxylic acids is 1. The Morgan fingerprint density at radius 1 is 0.658 bits per heavy atom. The second kappa shape index (κ2) is 22.6. The molecular weight excluding hydrogens is 1040 g/mol. The van der Waals surface area contributed by atoms with Crippen LogP contribution in [0.3, 0.4) is 0 Å². The van der Waals surface area contributed by atoms with Crippen LogP contribution in [0.5, 0.6) is 0 Å². The second-order valence-electron chi connectivity index (χ2n) is 25.5. The number of carbonyl (C=O) groups excluding carboxylic acids is 2. The number of rotatable bonds is 14. The molecule has 13 N–H and O–H groups in total. The molecule has 24 nitrogen and oxygen atoms in total. The van der Waals surface area contributed by atoms with Crippen molar-refractivity contribution in [3.63, 3.8) is 0 Å². The van der Waals surface area contributed by atoms with E-state index in [-0.39, 0.29) is 24.7 Å². The number of aliphatic hydroxyl groups excluding tert-OH is 12. The lowest BCUT2D eigenvalue weighted by Gasteiger charge is -2.72. The number of aliphatic hydroxyl groups is 12. The van der Waals surface area contributed by atoms with E-state index in [1.165, 1.54) is 6.92 Å². The molecule has 7 fully saturated rings. The summed E-state index contributed by atoms with van der Waals surface area (Å²) in [6.45, 7) is 14.1. The highest BCUT2D eigenvalue weighted by Gasteiger charge is 2.74. The molecule has 8 rings (SSSR count). The summed E-state index contributed by atoms with van der Waals surface area (Å²) in [4.78, 5) is 39.5. The van der Waals surface area contributed by atoms with Crippen LogP contribution in [0, 0.1) is 50.2 Å². The summed E-state index contributed by atoms with van der Waals surface area (Å²) in [6, 6.07) is 0. The highest BCUT2D eigenvalue weighted by molar-refractivity contribution is 5.87. The Kier molecular flexibility index (Phi) is 17.8. The van der Waals surface area contributed by atoms with E-state index in [2.05, 4.69) is 26.8 Å². The Labute approximate surface area is 459 Å². The highest BCUT2D eigenvalue weighted by atomic mass is 16.8. The lowest BCUT2D eigenvalue weighted by molar-refractivity contribution is -0.392. The lowest BCUT2D eigenvalue weighted by atomic mass is 9.33. The molecule has 0 spiro atoms. The van der Waals surface area contributed by atoms with E-state index < -0.39 is 199 Å². The number of carboxylic acids is 1. The number of esters is 2. The van der Waals surface area contributed by atoms with Crippen molar-refractivity contribution in [1.82, 2.24) is 0 Å². The number of hydrogen-bond donors (Lipinski definition) is 13. The van der Waals surface area contributed by atoms with Crippen LogP contribution in [0.25, 0.3) is 0 Å². The van der Waals surface area contributed by atoms with Crippen LogP contribution in [-0.2, 0) is 52.3 Å². The largest absolute Gasteiger partial charge is 0.479 e. The first-order chi connectivity index (χ1) is 36.9. The number of fused-ring (bicyclic) bond motifs is 7. The van der Waals surface area contributed by atoms with Crippen molar-refractivity contribution >= 4 is 17.9 Å². The summed E-state index contributed by atoms with van der Waals surface area (Å²) < 4.78 is 48.2. The quantitative estimate of drug-likeness (QED) is 0.0415. The van der Waals surface area contributed by atoms with Crippen molar-refractivity contribution in [2.45, 2.75) is 224 Å². The normalized spacial score (nSPS) is 50.6. The predicted octanol–water partition coefficient (Wildman–Crippen LogP) is -1.32. The average molecular weight is 1130 g/mol. The Balaban J connectivity index is 1.12. The van der Waals surface area contributed by atoms with Crippen LogP contribution in [0.4, 0.5) is 0 Å². The van der Waals surface area contributed by atoms with Crippen LogP contribution in [0.2, 0.25) is 0 Å². The van der Waals surface area contributed by atoms with Gasteiger partial charge in [-0.05, 0) is 92.8 Å². The molecule has 8 aliphatic rings. The molecule has 4 saturated carbocycles. The van der Waals surface area contributed by atoms with E-state index in [0.29, 0.717) is 37.7 Å². The van der Waals surface area contributed by atoms with E-state index in [9.17, 15) is 80.8 Å². The van der Waals surface area contributed by atoms with Crippen LogP contribution in [0.15, 0.2) is 23.3 Å². The molecule has 24 heteroatoms. The number of carbonyl (C=O) groups is 3. The standard InChI is InChI=1S/C55H86O24/c1-10-23(2)46(71)79-43-44(72-24(3)60)55(22-59)26(17-50(43,4)5)25-11-12-30-51(6)15-14-32(52(7,21-58)29(51)13-16-53(30,8)54(25,9)18-31(55)61)75-49-41(77-48-38(67)36(65)34(63)28(20-57)74-48)39(68)40(42(78-49)45(69)70)76-47-37(66)35(64)33(62)27(19-56)73-47/h10-11,26-44,47-49,56-59,61-68H,12-22H2,1-9H3,(H,69,70)/t26?,27?,28?,29?,30?,31-,32?,33?,34?,35?,36?,37?,38?,39?,40?,41?,42?,43?,44+,47?,48?,49?,51+,52-,53-,54-,55?/m1/s1. The first-order valence-corrected chi connectivity index (χ1v) is 27.7. The molecular formula is C55H86O24. The van der Waals surface area contributed by atoms with Gasteiger partial charge in [-0.2, -0.15) is 0 Å². The van der Waals surface area contributed by atoms with E-state index in [0.717, 1.165) is 5.57 Å². The number of carboxylic acid groups (broad SMARTS) is 1. The van der Waals surface area contributed by atoms with Gasteiger partial charge in [-0.25, -0.2) is 9.59 Å². The van der Waals surface area contributed by atoms with E-state index >= 15 is 0 Å². The molecule has 0 aromatic heterocycles. The monoisotopic (exact) mass is 1130 g/mol. The van der Waals surface area contributed by atoms with Crippen molar-refractivity contribution in [2.75, 3.05) is 26.4 Å². The van der Waals surface area contributed by atoms with Gasteiger partial charge in [-0.15, -0.1) is 0 Å². The summed E-state index contributed by atoms with van der Waals surface area (Å²) in [5.74, 6) is -3.88. The second-order valence-corrected chi connectivity index (χ2v) is 25.5. The summed E-state index contributed by atoms with van der Waals surface area (Å²) in [5, 5.41) is 143. The maximum Gasteiger partial charge on any atom is 0.335 e. The molecule has 27 atom stereocenters. The van der Waals surface area contributed by atoms with Gasteiger partial charge >= 0.3 is 17.9 Å². The van der Waals surface area contributed by atoms with Gasteiger partial charge in [-0.1, -0.05) is 59.3 Å². The molecule has 21 unspecified atom stereocenters. The Morgan fingerprint density at radius 3 is 1.76 bits per heavy atom. The first-order valence-electron chi connectivity index (χ1n) is 27.7. The summed E-state index contributed by atoms with van der Waals surface area (Å²) in [5.41, 5.74) is -3.78. The molecule has 0 aromatic carbocycles. The zero-order chi connectivity index (χ0) is 58.4. The third kappa shape index (κ3) is 9.94. The maximum atomic E-state index is 13.4. The summed E-state index contributed by atoms with van der Waals surface area (Å²) in [6.07, 6.45) is -26.5. The number of ether oxygens (including phenoxy) is 8. The summed E-state index contributed by atoms with van der Waals surface area (Å²) >= 11 is 0. The molecule has 0 aromatic rings. The molecule has 79 heavy (non-hydrogen) atoms. The smallest absolute Gasteiger partial charge is 0.335 e. The first kappa shape index (κ1) is 62.2. The third-order valence-electron chi connectivity index (χ3n) is 21.1. The molecule has 3 aliphatic heterocycles. The van der Waals surface area contributed by atoms with Gasteiger partial charge in [0.25, 0.3) is 0 Å². The van der Waals surface area contributed by atoms with Gasteiger partial charge in [-0.3, -0.25) is 4.79 Å². The Morgan fingerprint density at radius 2 is 1.24 bits per heavy atom. The van der Waals surface area contributed by atoms with Crippen molar-refractivity contribution in [3.05, 3.63) is 23.3 Å². The van der Waals surface area contributed by atoms with Crippen molar-refractivity contribution in [2.24, 2.45) is 50.2 Å². The van der Waals surface area contributed by atoms with E-state index in [1.807, 2.05) is 20.8 Å². The molecule has 0 radical (unpaired) electrons. The van der Waals surface area contributed by atoms with Crippen LogP contribution >= 0.6 is 0 Å². The fraction of sp³-hybridized carbons (Fsp3) is 0.873. The molecule has 0 amide bonds. The molecule has 5 aliphatic carbocycles. The maximum absolute atomic E-state index is 13.4. The van der Waals surface area contributed by atoms with Crippen LogP contribution in [-0.4, -0.2) is 227 Å². The molecule has 0 bridgehead atoms. The van der Waals surface area contributed by atoms with Gasteiger partial charge in [0.2, 0.25) is 0 Å². The topological polar surface area (TPSA) is 388 Å². The fourth-order valence-electron chi connectivity index (χ4n) is 16.2. The molecule has 3 heterocycles. The van der Waals surface area contributed by atoms with Crippen molar-refractivity contribution < 1.29 is 119 Å².